The van der Waals surface area contributed by atoms with E-state index in [-0.39, 0.29) is 5.41 Å². The molecule has 0 fully saturated rings. The first-order valence-corrected chi connectivity index (χ1v) is 5.02. The van der Waals surface area contributed by atoms with Crippen LogP contribution in [0.2, 0.25) is 0 Å². The summed E-state index contributed by atoms with van der Waals surface area (Å²) in [6.45, 7) is 12.1. The standard InChI is InChI=1S/C11H22O3/c1-7-11(5,6)14-9(12)13-8-10(2,3)4/h7-8H2,1-6H3. The topological polar surface area (TPSA) is 35.5 Å². The fraction of sp³-hybridized carbons (Fsp3) is 0.909. The second-order valence-corrected chi connectivity index (χ2v) is 5.31. The molecule has 0 aliphatic carbocycles. The van der Waals surface area contributed by atoms with Crippen molar-refractivity contribution < 1.29 is 14.3 Å². The van der Waals surface area contributed by atoms with E-state index in [1.165, 1.54) is 0 Å². The van der Waals surface area contributed by atoms with Crippen LogP contribution in [0, 0.1) is 5.41 Å². The van der Waals surface area contributed by atoms with Crippen LogP contribution in [0.25, 0.3) is 0 Å². The van der Waals surface area contributed by atoms with Crippen LogP contribution in [0.3, 0.4) is 0 Å². The van der Waals surface area contributed by atoms with Crippen molar-refractivity contribution in [1.29, 1.82) is 0 Å². The van der Waals surface area contributed by atoms with Gasteiger partial charge in [0.1, 0.15) is 5.60 Å². The van der Waals surface area contributed by atoms with E-state index in [2.05, 4.69) is 0 Å². The lowest BCUT2D eigenvalue weighted by molar-refractivity contribution is -0.0286. The Kier molecular flexibility index (Phi) is 4.43. The predicted molar refractivity (Wildman–Crippen MR) is 56.3 cm³/mol. The van der Waals surface area contributed by atoms with Gasteiger partial charge in [-0.15, -0.1) is 0 Å². The number of rotatable bonds is 3. The molecule has 3 nitrogen and oxygen atoms in total. The van der Waals surface area contributed by atoms with E-state index >= 15 is 0 Å². The Balaban J connectivity index is 3.89. The maximum atomic E-state index is 11.2. The van der Waals surface area contributed by atoms with E-state index in [4.69, 9.17) is 9.47 Å². The molecule has 0 heterocycles. The monoisotopic (exact) mass is 202 g/mol. The van der Waals surface area contributed by atoms with Crippen molar-refractivity contribution in [2.24, 2.45) is 5.41 Å². The summed E-state index contributed by atoms with van der Waals surface area (Å²) in [5.41, 5.74) is -0.454. The largest absolute Gasteiger partial charge is 0.508 e. The lowest BCUT2D eigenvalue weighted by Gasteiger charge is -2.24. The fourth-order valence-corrected chi connectivity index (χ4v) is 0.603. The third kappa shape index (κ3) is 6.75. The molecule has 0 unspecified atom stereocenters. The number of ether oxygens (including phenoxy) is 2. The number of carbonyl (C=O) groups is 1. The van der Waals surface area contributed by atoms with Crippen LogP contribution in [0.4, 0.5) is 4.79 Å². The van der Waals surface area contributed by atoms with Crippen molar-refractivity contribution in [3.8, 4) is 0 Å². The Bertz CT molecular complexity index is 189. The number of carbonyl (C=O) groups excluding carboxylic acids is 1. The van der Waals surface area contributed by atoms with Gasteiger partial charge in [0.2, 0.25) is 0 Å². The maximum Gasteiger partial charge on any atom is 0.508 e. The van der Waals surface area contributed by atoms with Crippen molar-refractivity contribution in [1.82, 2.24) is 0 Å². The molecule has 0 spiro atoms. The van der Waals surface area contributed by atoms with E-state index < -0.39 is 11.8 Å². The molecule has 0 rings (SSSR count). The van der Waals surface area contributed by atoms with Crippen LogP contribution in [-0.4, -0.2) is 18.4 Å². The Morgan fingerprint density at radius 3 is 2.00 bits per heavy atom. The number of hydrogen-bond acceptors (Lipinski definition) is 3. The lowest BCUT2D eigenvalue weighted by Crippen LogP contribution is -2.29. The van der Waals surface area contributed by atoms with Gasteiger partial charge in [-0.05, 0) is 25.7 Å². The Hall–Kier alpha value is -0.730. The second kappa shape index (κ2) is 4.67. The molecule has 0 aromatic rings. The van der Waals surface area contributed by atoms with Gasteiger partial charge in [0.25, 0.3) is 0 Å². The van der Waals surface area contributed by atoms with Crippen LogP contribution < -0.4 is 0 Å². The molecule has 0 atom stereocenters. The highest BCUT2D eigenvalue weighted by Gasteiger charge is 2.22. The fourth-order valence-electron chi connectivity index (χ4n) is 0.603. The van der Waals surface area contributed by atoms with E-state index in [0.717, 1.165) is 6.42 Å². The molecular formula is C11H22O3. The average molecular weight is 202 g/mol. The molecule has 0 saturated heterocycles. The van der Waals surface area contributed by atoms with Gasteiger partial charge in [0.15, 0.2) is 0 Å². The number of hydrogen-bond donors (Lipinski definition) is 0. The van der Waals surface area contributed by atoms with E-state index in [1.54, 1.807) is 0 Å². The molecule has 3 heteroatoms. The van der Waals surface area contributed by atoms with Gasteiger partial charge < -0.3 is 9.47 Å². The van der Waals surface area contributed by atoms with Gasteiger partial charge in [0, 0.05) is 0 Å². The molecule has 0 bridgehead atoms. The first-order chi connectivity index (χ1) is 6.16. The molecule has 0 amide bonds. The van der Waals surface area contributed by atoms with Gasteiger partial charge >= 0.3 is 6.16 Å². The van der Waals surface area contributed by atoms with Gasteiger partial charge in [0.05, 0.1) is 6.61 Å². The highest BCUT2D eigenvalue weighted by atomic mass is 16.7. The minimum atomic E-state index is -0.577. The molecule has 0 radical (unpaired) electrons. The predicted octanol–water partition coefficient (Wildman–Crippen LogP) is 3.37. The van der Waals surface area contributed by atoms with Crippen LogP contribution in [0.15, 0.2) is 0 Å². The van der Waals surface area contributed by atoms with Crippen molar-refractivity contribution >= 4 is 6.16 Å². The minimum absolute atomic E-state index is 0.0185. The summed E-state index contributed by atoms with van der Waals surface area (Å²) in [6, 6.07) is 0. The quantitative estimate of drug-likeness (QED) is 0.658. The smallest absolute Gasteiger partial charge is 0.434 e. The van der Waals surface area contributed by atoms with Gasteiger partial charge in [-0.25, -0.2) is 4.79 Å². The van der Waals surface area contributed by atoms with E-state index in [9.17, 15) is 4.79 Å². The minimum Gasteiger partial charge on any atom is -0.434 e. The maximum absolute atomic E-state index is 11.2. The van der Waals surface area contributed by atoms with Crippen LogP contribution in [-0.2, 0) is 9.47 Å². The summed E-state index contributed by atoms with van der Waals surface area (Å²) in [6.07, 6.45) is 0.198. The third-order valence-electron chi connectivity index (χ3n) is 1.83. The van der Waals surface area contributed by atoms with Crippen LogP contribution in [0.5, 0.6) is 0 Å². The average Bonchev–Trinajstić information content (AvgIpc) is 1.99. The molecule has 84 valence electrons. The highest BCUT2D eigenvalue weighted by molar-refractivity contribution is 5.60. The van der Waals surface area contributed by atoms with Gasteiger partial charge in [-0.1, -0.05) is 27.7 Å². The second-order valence-electron chi connectivity index (χ2n) is 5.31. The molecule has 0 aliphatic heterocycles. The Morgan fingerprint density at radius 2 is 1.64 bits per heavy atom. The zero-order valence-corrected chi connectivity index (χ0v) is 10.1. The summed E-state index contributed by atoms with van der Waals surface area (Å²) in [4.78, 5) is 11.2. The van der Waals surface area contributed by atoms with Crippen molar-refractivity contribution in [2.45, 2.75) is 53.6 Å². The zero-order valence-electron chi connectivity index (χ0n) is 10.1. The summed E-state index contributed by atoms with van der Waals surface area (Å²) in [5.74, 6) is 0. The Labute approximate surface area is 86.8 Å². The molecule has 0 aromatic heterocycles. The summed E-state index contributed by atoms with van der Waals surface area (Å²) in [7, 11) is 0. The molecule has 0 aliphatic rings. The first-order valence-electron chi connectivity index (χ1n) is 5.02. The van der Waals surface area contributed by atoms with Gasteiger partial charge in [-0.3, -0.25) is 0 Å². The van der Waals surface area contributed by atoms with Crippen LogP contribution in [0.1, 0.15) is 48.0 Å². The molecule has 14 heavy (non-hydrogen) atoms. The highest BCUT2D eigenvalue weighted by Crippen LogP contribution is 2.17. The van der Waals surface area contributed by atoms with Crippen molar-refractivity contribution in [2.75, 3.05) is 6.61 Å². The molecule has 0 aromatic carbocycles. The van der Waals surface area contributed by atoms with E-state index in [1.807, 2.05) is 41.5 Å². The molecule has 0 saturated carbocycles. The SMILES string of the molecule is CCC(C)(C)OC(=O)OCC(C)(C)C. The lowest BCUT2D eigenvalue weighted by atomic mass is 9.99. The van der Waals surface area contributed by atoms with Crippen LogP contribution >= 0.6 is 0 Å². The molecular weight excluding hydrogens is 180 g/mol. The Morgan fingerprint density at radius 1 is 1.14 bits per heavy atom. The van der Waals surface area contributed by atoms with Gasteiger partial charge in [-0.2, -0.15) is 0 Å². The van der Waals surface area contributed by atoms with E-state index in [0.29, 0.717) is 6.61 Å². The summed E-state index contributed by atoms with van der Waals surface area (Å²) in [5, 5.41) is 0. The van der Waals surface area contributed by atoms with Crippen molar-refractivity contribution in [3.63, 3.8) is 0 Å². The normalized spacial score (nSPS) is 12.4. The van der Waals surface area contributed by atoms with Crippen molar-refractivity contribution in [3.05, 3.63) is 0 Å². The zero-order chi connectivity index (χ0) is 11.4. The first kappa shape index (κ1) is 13.3. The summed E-state index contributed by atoms with van der Waals surface area (Å²) < 4.78 is 10.1. The summed E-state index contributed by atoms with van der Waals surface area (Å²) >= 11 is 0. The molecule has 0 N–H and O–H groups in total. The third-order valence-corrected chi connectivity index (χ3v) is 1.83.